The monoisotopic (exact) mass is 421 g/mol. The van der Waals surface area contributed by atoms with E-state index in [9.17, 15) is 9.59 Å². The van der Waals surface area contributed by atoms with Gasteiger partial charge in [-0.3, -0.25) is 14.5 Å². The molecular formula is C20H28BrN3O2. The molecule has 2 unspecified atom stereocenters. The van der Waals surface area contributed by atoms with E-state index in [0.717, 1.165) is 29.2 Å². The highest BCUT2D eigenvalue weighted by atomic mass is 79.9. The van der Waals surface area contributed by atoms with Crippen LogP contribution in [-0.4, -0.2) is 48.9 Å². The maximum absolute atomic E-state index is 12.6. The molecule has 0 saturated carbocycles. The van der Waals surface area contributed by atoms with Crippen LogP contribution in [0, 0.1) is 11.8 Å². The van der Waals surface area contributed by atoms with Gasteiger partial charge in [0.05, 0.1) is 5.92 Å². The molecule has 2 amide bonds. The van der Waals surface area contributed by atoms with E-state index in [-0.39, 0.29) is 24.2 Å². The average Bonchev–Trinajstić information content (AvgIpc) is 3.02. The average molecular weight is 422 g/mol. The summed E-state index contributed by atoms with van der Waals surface area (Å²) in [6, 6.07) is 7.99. The van der Waals surface area contributed by atoms with Crippen molar-refractivity contribution in [1.82, 2.24) is 10.2 Å². The van der Waals surface area contributed by atoms with Crippen molar-refractivity contribution in [2.24, 2.45) is 11.8 Å². The van der Waals surface area contributed by atoms with Gasteiger partial charge in [-0.25, -0.2) is 0 Å². The van der Waals surface area contributed by atoms with Gasteiger partial charge >= 0.3 is 0 Å². The molecule has 6 heteroatoms. The number of rotatable bonds is 5. The number of amides is 2. The van der Waals surface area contributed by atoms with Crippen molar-refractivity contribution in [3.63, 3.8) is 0 Å². The Hall–Kier alpha value is -1.40. The van der Waals surface area contributed by atoms with Crippen LogP contribution in [0.5, 0.6) is 0 Å². The number of benzene rings is 1. The molecule has 1 aromatic carbocycles. The van der Waals surface area contributed by atoms with Crippen LogP contribution in [0.15, 0.2) is 28.7 Å². The predicted molar refractivity (Wildman–Crippen MR) is 107 cm³/mol. The number of nitrogens with zero attached hydrogens (tertiary/aromatic N) is 2. The topological polar surface area (TPSA) is 52.7 Å². The van der Waals surface area contributed by atoms with Crippen molar-refractivity contribution < 1.29 is 9.59 Å². The Morgan fingerprint density at radius 1 is 1.35 bits per heavy atom. The number of carbonyl (C=O) groups is 2. The summed E-state index contributed by atoms with van der Waals surface area (Å²) < 4.78 is 0.931. The number of hydrogen-bond acceptors (Lipinski definition) is 3. The van der Waals surface area contributed by atoms with Gasteiger partial charge in [-0.05, 0) is 57.0 Å². The smallest absolute Gasteiger partial charge is 0.227 e. The zero-order valence-corrected chi connectivity index (χ0v) is 17.2. The minimum atomic E-state index is -0.268. The van der Waals surface area contributed by atoms with Gasteiger partial charge in [0.1, 0.15) is 0 Å². The fourth-order valence-electron chi connectivity index (χ4n) is 3.77. The minimum absolute atomic E-state index is 0.00641. The zero-order valence-electron chi connectivity index (χ0n) is 15.6. The summed E-state index contributed by atoms with van der Waals surface area (Å²) in [6.45, 7) is 7.79. The van der Waals surface area contributed by atoms with E-state index in [0.29, 0.717) is 19.1 Å². The van der Waals surface area contributed by atoms with E-state index >= 15 is 0 Å². The predicted octanol–water partition coefficient (Wildman–Crippen LogP) is 3.04. The molecule has 2 atom stereocenters. The van der Waals surface area contributed by atoms with Crippen LogP contribution in [0.4, 0.5) is 5.69 Å². The molecular weight excluding hydrogens is 394 g/mol. The molecule has 2 aliphatic heterocycles. The van der Waals surface area contributed by atoms with Crippen molar-refractivity contribution in [1.29, 1.82) is 0 Å². The molecule has 0 aliphatic carbocycles. The third-order valence-electron chi connectivity index (χ3n) is 5.63. The Labute approximate surface area is 164 Å². The fourth-order valence-corrected chi connectivity index (χ4v) is 4.15. The van der Waals surface area contributed by atoms with Gasteiger partial charge in [-0.2, -0.15) is 0 Å². The van der Waals surface area contributed by atoms with Crippen molar-refractivity contribution in [3.8, 4) is 0 Å². The first-order chi connectivity index (χ1) is 12.4. The number of piperidine rings is 1. The van der Waals surface area contributed by atoms with Crippen LogP contribution in [-0.2, 0) is 9.59 Å². The van der Waals surface area contributed by atoms with Gasteiger partial charge in [0.2, 0.25) is 11.8 Å². The van der Waals surface area contributed by atoms with Gasteiger partial charge < -0.3 is 10.2 Å². The molecule has 2 saturated heterocycles. The second-order valence-electron chi connectivity index (χ2n) is 7.70. The summed E-state index contributed by atoms with van der Waals surface area (Å²) in [6.07, 6.45) is 2.75. The van der Waals surface area contributed by atoms with Gasteiger partial charge in [0, 0.05) is 35.7 Å². The second kappa shape index (κ2) is 8.53. The maximum atomic E-state index is 12.6. The number of nitrogens with one attached hydrogen (secondary N) is 1. The molecule has 2 aliphatic rings. The van der Waals surface area contributed by atoms with E-state index < -0.39 is 0 Å². The summed E-state index contributed by atoms with van der Waals surface area (Å²) in [7, 11) is 0. The molecule has 0 spiro atoms. The molecule has 2 heterocycles. The lowest BCUT2D eigenvalue weighted by molar-refractivity contribution is -0.126. The van der Waals surface area contributed by atoms with Gasteiger partial charge in [0.25, 0.3) is 0 Å². The van der Waals surface area contributed by atoms with Gasteiger partial charge in [-0.15, -0.1) is 0 Å². The maximum Gasteiger partial charge on any atom is 0.227 e. The highest BCUT2D eigenvalue weighted by Gasteiger charge is 2.35. The van der Waals surface area contributed by atoms with Gasteiger partial charge in [-0.1, -0.05) is 28.9 Å². The highest BCUT2D eigenvalue weighted by molar-refractivity contribution is 9.10. The zero-order chi connectivity index (χ0) is 18.7. The third-order valence-corrected chi connectivity index (χ3v) is 6.12. The molecule has 5 nitrogen and oxygen atoms in total. The molecule has 142 valence electrons. The van der Waals surface area contributed by atoms with Gasteiger partial charge in [0.15, 0.2) is 0 Å². The standard InChI is InChI=1S/C20H28BrN3O2/c1-14-6-8-23(9-7-14)15(2)12-22-20(26)16-10-19(25)24(13-16)18-5-3-4-17(21)11-18/h3-5,11,14-16H,6-10,12-13H2,1-2H3,(H,22,26). The summed E-state index contributed by atoms with van der Waals surface area (Å²) in [5, 5.41) is 3.07. The second-order valence-corrected chi connectivity index (χ2v) is 8.61. The summed E-state index contributed by atoms with van der Waals surface area (Å²) >= 11 is 3.43. The summed E-state index contributed by atoms with van der Waals surface area (Å²) in [5.74, 6) is 0.547. The van der Waals surface area contributed by atoms with E-state index in [1.165, 1.54) is 12.8 Å². The highest BCUT2D eigenvalue weighted by Crippen LogP contribution is 2.27. The molecule has 0 radical (unpaired) electrons. The first kappa shape index (κ1) is 19.4. The van der Waals surface area contributed by atoms with Crippen LogP contribution in [0.1, 0.15) is 33.1 Å². The number of likely N-dealkylation sites (tertiary alicyclic amines) is 1. The first-order valence-electron chi connectivity index (χ1n) is 9.51. The normalized spacial score (nSPS) is 23.3. The molecule has 3 rings (SSSR count). The first-order valence-corrected chi connectivity index (χ1v) is 10.3. The third kappa shape index (κ3) is 4.65. The molecule has 2 fully saturated rings. The van der Waals surface area contributed by atoms with E-state index in [1.54, 1.807) is 4.90 Å². The van der Waals surface area contributed by atoms with Crippen LogP contribution in [0.25, 0.3) is 0 Å². The number of halogens is 1. The Morgan fingerprint density at radius 3 is 2.77 bits per heavy atom. The molecule has 1 aromatic rings. The van der Waals surface area contributed by atoms with Crippen molar-refractivity contribution >= 4 is 33.4 Å². The number of carbonyl (C=O) groups excluding carboxylic acids is 2. The lowest BCUT2D eigenvalue weighted by Gasteiger charge is -2.35. The molecule has 1 N–H and O–H groups in total. The Kier molecular flexibility index (Phi) is 6.35. The largest absolute Gasteiger partial charge is 0.354 e. The Morgan fingerprint density at radius 2 is 2.08 bits per heavy atom. The molecule has 0 bridgehead atoms. The lowest BCUT2D eigenvalue weighted by atomic mass is 9.98. The summed E-state index contributed by atoms with van der Waals surface area (Å²) in [5.41, 5.74) is 0.843. The SMILES string of the molecule is CC1CCN(C(C)CNC(=O)C2CC(=O)N(c3cccc(Br)c3)C2)CC1. The van der Waals surface area contributed by atoms with Crippen LogP contribution >= 0.6 is 15.9 Å². The Bertz CT molecular complexity index is 658. The Balaban J connectivity index is 1.50. The number of anilines is 1. The summed E-state index contributed by atoms with van der Waals surface area (Å²) in [4.78, 5) is 29.1. The molecule has 0 aromatic heterocycles. The quantitative estimate of drug-likeness (QED) is 0.794. The van der Waals surface area contributed by atoms with Crippen molar-refractivity contribution in [2.75, 3.05) is 31.1 Å². The fraction of sp³-hybridized carbons (Fsp3) is 0.600. The van der Waals surface area contributed by atoms with E-state index in [2.05, 4.69) is 40.0 Å². The van der Waals surface area contributed by atoms with Crippen LogP contribution in [0.2, 0.25) is 0 Å². The van der Waals surface area contributed by atoms with E-state index in [4.69, 9.17) is 0 Å². The van der Waals surface area contributed by atoms with Crippen molar-refractivity contribution in [2.45, 2.75) is 39.2 Å². The van der Waals surface area contributed by atoms with Crippen LogP contribution in [0.3, 0.4) is 0 Å². The van der Waals surface area contributed by atoms with Crippen molar-refractivity contribution in [3.05, 3.63) is 28.7 Å². The minimum Gasteiger partial charge on any atom is -0.354 e. The van der Waals surface area contributed by atoms with Crippen LogP contribution < -0.4 is 10.2 Å². The van der Waals surface area contributed by atoms with E-state index in [1.807, 2.05) is 24.3 Å². The molecule has 26 heavy (non-hydrogen) atoms. The lowest BCUT2D eigenvalue weighted by Crippen LogP contribution is -2.46. The number of hydrogen-bond donors (Lipinski definition) is 1.